The average molecular weight is 296 g/mol. The molecule has 0 aromatic heterocycles. The minimum Gasteiger partial charge on any atom is -0.293 e. The van der Waals surface area contributed by atoms with E-state index in [0.717, 1.165) is 11.1 Å². The second-order valence-corrected chi connectivity index (χ2v) is 8.30. The molecule has 4 heteroatoms. The van der Waals surface area contributed by atoms with Gasteiger partial charge in [-0.15, -0.1) is 0 Å². The number of benzene rings is 1. The van der Waals surface area contributed by atoms with Crippen molar-refractivity contribution in [1.29, 1.82) is 0 Å². The molecule has 0 N–H and O–H groups in total. The van der Waals surface area contributed by atoms with Crippen molar-refractivity contribution in [1.82, 2.24) is 0 Å². The molecular weight excluding hydrogens is 272 g/mol. The average Bonchev–Trinajstić information content (AvgIpc) is 2.38. The first kappa shape index (κ1) is 16.9. The fourth-order valence-corrected chi connectivity index (χ4v) is 3.48. The van der Waals surface area contributed by atoms with Crippen molar-refractivity contribution >= 4 is 15.6 Å². The molecule has 0 aliphatic carbocycles. The fraction of sp³-hybridized carbons (Fsp3) is 0.562. The first-order valence-electron chi connectivity index (χ1n) is 6.98. The third kappa shape index (κ3) is 4.17. The van der Waals surface area contributed by atoms with E-state index < -0.39 is 15.1 Å². The molecule has 0 saturated carbocycles. The Hall–Kier alpha value is -1.16. The lowest BCUT2D eigenvalue weighted by Crippen LogP contribution is -2.30. The van der Waals surface area contributed by atoms with Gasteiger partial charge < -0.3 is 0 Å². The number of aryl methyl sites for hydroxylation is 2. The summed E-state index contributed by atoms with van der Waals surface area (Å²) in [7, 11) is -3.38. The van der Waals surface area contributed by atoms with Gasteiger partial charge >= 0.3 is 0 Å². The van der Waals surface area contributed by atoms with Crippen LogP contribution in [0.2, 0.25) is 0 Å². The molecule has 1 atom stereocenters. The second-order valence-electron chi connectivity index (χ2n) is 5.86. The Labute approximate surface area is 122 Å². The van der Waals surface area contributed by atoms with E-state index in [2.05, 4.69) is 0 Å². The second kappa shape index (κ2) is 6.53. The summed E-state index contributed by atoms with van der Waals surface area (Å²) in [5, 5.41) is -0.969. The van der Waals surface area contributed by atoms with E-state index in [9.17, 15) is 13.2 Å². The summed E-state index contributed by atoms with van der Waals surface area (Å²) in [6.45, 7) is 9.33. The maximum atomic E-state index is 12.3. The molecule has 0 heterocycles. The molecule has 1 aromatic rings. The molecule has 0 fully saturated rings. The topological polar surface area (TPSA) is 51.2 Å². The Morgan fingerprint density at radius 2 is 1.70 bits per heavy atom. The van der Waals surface area contributed by atoms with E-state index in [4.69, 9.17) is 0 Å². The van der Waals surface area contributed by atoms with E-state index >= 15 is 0 Å². The monoisotopic (exact) mass is 296 g/mol. The zero-order valence-electron chi connectivity index (χ0n) is 12.9. The number of hydrogen-bond acceptors (Lipinski definition) is 3. The van der Waals surface area contributed by atoms with Crippen molar-refractivity contribution in [2.75, 3.05) is 5.75 Å². The zero-order chi connectivity index (χ0) is 15.5. The minimum absolute atomic E-state index is 0.0718. The van der Waals surface area contributed by atoms with E-state index in [1.807, 2.05) is 33.8 Å². The van der Waals surface area contributed by atoms with Crippen LogP contribution in [0.15, 0.2) is 18.2 Å². The van der Waals surface area contributed by atoms with Crippen LogP contribution in [0.1, 0.15) is 48.7 Å². The van der Waals surface area contributed by atoms with Crippen molar-refractivity contribution in [2.45, 2.75) is 46.3 Å². The summed E-state index contributed by atoms with van der Waals surface area (Å²) >= 11 is 0. The van der Waals surface area contributed by atoms with Gasteiger partial charge in [0.05, 0.1) is 5.75 Å². The van der Waals surface area contributed by atoms with Gasteiger partial charge in [0.15, 0.2) is 15.6 Å². The standard InChI is InChI=1S/C16H24O3S/c1-11(2)8-9-20(18,19)14(5)16(17)15-7-6-12(3)13(4)10-15/h6-7,10-11,14H,8-9H2,1-5H3. The van der Waals surface area contributed by atoms with Gasteiger partial charge in [0, 0.05) is 5.56 Å². The molecule has 20 heavy (non-hydrogen) atoms. The van der Waals surface area contributed by atoms with Crippen molar-refractivity contribution in [3.05, 3.63) is 34.9 Å². The Bertz CT molecular complexity index is 586. The van der Waals surface area contributed by atoms with Gasteiger partial charge in [-0.2, -0.15) is 0 Å². The van der Waals surface area contributed by atoms with Crippen LogP contribution >= 0.6 is 0 Å². The van der Waals surface area contributed by atoms with Crippen LogP contribution in [-0.2, 0) is 9.84 Å². The first-order chi connectivity index (χ1) is 9.15. The van der Waals surface area contributed by atoms with Crippen molar-refractivity contribution in [3.63, 3.8) is 0 Å². The van der Waals surface area contributed by atoms with Gasteiger partial charge in [0.1, 0.15) is 5.25 Å². The normalized spacial score (nSPS) is 13.5. The highest BCUT2D eigenvalue weighted by Crippen LogP contribution is 2.16. The molecule has 3 nitrogen and oxygen atoms in total. The smallest absolute Gasteiger partial charge is 0.180 e. The van der Waals surface area contributed by atoms with Crippen LogP contribution in [0.3, 0.4) is 0 Å². The summed E-state index contributed by atoms with van der Waals surface area (Å²) in [6, 6.07) is 5.33. The van der Waals surface area contributed by atoms with Gasteiger partial charge in [0.25, 0.3) is 0 Å². The van der Waals surface area contributed by atoms with Crippen LogP contribution in [0.5, 0.6) is 0 Å². The number of hydrogen-bond donors (Lipinski definition) is 0. The van der Waals surface area contributed by atoms with E-state index in [0.29, 0.717) is 17.9 Å². The molecule has 112 valence electrons. The summed E-state index contributed by atoms with van der Waals surface area (Å²) in [5.41, 5.74) is 2.58. The van der Waals surface area contributed by atoms with Crippen molar-refractivity contribution in [2.24, 2.45) is 5.92 Å². The lowest BCUT2D eigenvalue weighted by atomic mass is 10.0. The molecule has 0 aliphatic heterocycles. The highest BCUT2D eigenvalue weighted by Gasteiger charge is 2.28. The van der Waals surface area contributed by atoms with Crippen molar-refractivity contribution < 1.29 is 13.2 Å². The maximum Gasteiger partial charge on any atom is 0.180 e. The quantitative estimate of drug-likeness (QED) is 0.757. The highest BCUT2D eigenvalue weighted by molar-refractivity contribution is 7.92. The number of ketones is 1. The molecular formula is C16H24O3S. The summed E-state index contributed by atoms with van der Waals surface area (Å²) in [5.74, 6) is 0.0770. The Kier molecular flexibility index (Phi) is 5.51. The zero-order valence-corrected chi connectivity index (χ0v) is 13.8. The van der Waals surface area contributed by atoms with Crippen molar-refractivity contribution in [3.8, 4) is 0 Å². The molecule has 0 saturated heterocycles. The molecule has 1 unspecified atom stereocenters. The summed E-state index contributed by atoms with van der Waals surface area (Å²) < 4.78 is 24.4. The predicted molar refractivity (Wildman–Crippen MR) is 83.0 cm³/mol. The summed E-state index contributed by atoms with van der Waals surface area (Å²) in [4.78, 5) is 12.3. The third-order valence-electron chi connectivity index (χ3n) is 3.68. The van der Waals surface area contributed by atoms with E-state index in [1.165, 1.54) is 6.92 Å². The van der Waals surface area contributed by atoms with E-state index in [1.54, 1.807) is 12.1 Å². The molecule has 0 aliphatic rings. The predicted octanol–water partition coefficient (Wildman–Crippen LogP) is 3.34. The lowest BCUT2D eigenvalue weighted by Gasteiger charge is -2.14. The Morgan fingerprint density at radius 3 is 2.20 bits per heavy atom. The van der Waals surface area contributed by atoms with Crippen LogP contribution in [-0.4, -0.2) is 25.2 Å². The number of rotatable bonds is 6. The number of carbonyl (C=O) groups is 1. The number of Topliss-reactive ketones (excluding diaryl/α,β-unsaturated/α-hetero) is 1. The third-order valence-corrected chi connectivity index (χ3v) is 5.78. The number of carbonyl (C=O) groups excluding carboxylic acids is 1. The molecule has 0 radical (unpaired) electrons. The number of sulfone groups is 1. The fourth-order valence-electron chi connectivity index (χ4n) is 1.87. The lowest BCUT2D eigenvalue weighted by molar-refractivity contribution is 0.0991. The Balaban J connectivity index is 2.93. The summed E-state index contributed by atoms with van der Waals surface area (Å²) in [6.07, 6.45) is 0.590. The van der Waals surface area contributed by atoms with Gasteiger partial charge in [-0.3, -0.25) is 4.79 Å². The van der Waals surface area contributed by atoms with Gasteiger partial charge in [-0.25, -0.2) is 8.42 Å². The van der Waals surface area contributed by atoms with Crippen LogP contribution in [0.4, 0.5) is 0 Å². The Morgan fingerprint density at radius 1 is 1.10 bits per heavy atom. The molecule has 0 bridgehead atoms. The van der Waals surface area contributed by atoms with Gasteiger partial charge in [-0.1, -0.05) is 26.0 Å². The molecule has 1 rings (SSSR count). The largest absolute Gasteiger partial charge is 0.293 e. The van der Waals surface area contributed by atoms with Crippen LogP contribution < -0.4 is 0 Å². The van der Waals surface area contributed by atoms with Gasteiger partial charge in [0.2, 0.25) is 0 Å². The van der Waals surface area contributed by atoms with E-state index in [-0.39, 0.29) is 11.5 Å². The minimum atomic E-state index is -3.38. The van der Waals surface area contributed by atoms with Crippen LogP contribution in [0, 0.1) is 19.8 Å². The molecule has 1 aromatic carbocycles. The maximum absolute atomic E-state index is 12.3. The van der Waals surface area contributed by atoms with Crippen LogP contribution in [0.25, 0.3) is 0 Å². The first-order valence-corrected chi connectivity index (χ1v) is 8.69. The van der Waals surface area contributed by atoms with Gasteiger partial charge in [-0.05, 0) is 50.3 Å². The SMILES string of the molecule is Cc1ccc(C(=O)C(C)S(=O)(=O)CCC(C)C)cc1C. The molecule has 0 spiro atoms. The highest BCUT2D eigenvalue weighted by atomic mass is 32.2. The molecule has 0 amide bonds.